The molecular formula is C28H35N5O4. The van der Waals surface area contributed by atoms with Gasteiger partial charge >= 0.3 is 0 Å². The Morgan fingerprint density at radius 1 is 0.811 bits per heavy atom. The summed E-state index contributed by atoms with van der Waals surface area (Å²) in [6, 6.07) is 25.4. The van der Waals surface area contributed by atoms with E-state index in [0.717, 1.165) is 22.3 Å². The Bertz CT molecular complexity index is 1110. The Balaban J connectivity index is 0.00000481. The second kappa shape index (κ2) is 14.4. The van der Waals surface area contributed by atoms with Crippen molar-refractivity contribution in [1.82, 2.24) is 4.90 Å². The van der Waals surface area contributed by atoms with Crippen LogP contribution in [0.2, 0.25) is 0 Å². The number of nitrogens with two attached hydrogens (primary N) is 3. The highest BCUT2D eigenvalue weighted by Crippen LogP contribution is 2.29. The first kappa shape index (κ1) is 29.0. The van der Waals surface area contributed by atoms with E-state index in [1.54, 1.807) is 17.0 Å². The van der Waals surface area contributed by atoms with E-state index < -0.39 is 17.9 Å². The molecule has 0 saturated carbocycles. The molecule has 0 bridgehead atoms. The fourth-order valence-corrected chi connectivity index (χ4v) is 4.17. The van der Waals surface area contributed by atoms with Crippen molar-refractivity contribution in [2.24, 2.45) is 22.2 Å². The number of aliphatic hydroxyl groups excluding tert-OH is 1. The van der Waals surface area contributed by atoms with E-state index in [4.69, 9.17) is 17.2 Å². The summed E-state index contributed by atoms with van der Waals surface area (Å²) < 4.78 is 0. The number of guanidine groups is 1. The standard InChI is InChI=1S/C28H33N5O3.H2O/c29-26(35)24(12-7-17-32-28(30)31)33(18-20-13-15-21(19-34)16-14-20)27(36)25(22-8-3-1-4-9-22)23-10-5-2-6-11-23;/h1-6,8-11,13-16,24-25,34H,7,12,17-19H2,(H2,29,35)(H4,30,31,32);1H2/t24-;/m1./s1. The highest BCUT2D eigenvalue weighted by atomic mass is 16.3. The van der Waals surface area contributed by atoms with E-state index >= 15 is 0 Å². The van der Waals surface area contributed by atoms with Gasteiger partial charge < -0.3 is 32.7 Å². The predicted octanol–water partition coefficient (Wildman–Crippen LogP) is 1.42. The lowest BCUT2D eigenvalue weighted by Gasteiger charge is -2.33. The van der Waals surface area contributed by atoms with Gasteiger partial charge in [-0.1, -0.05) is 84.9 Å². The van der Waals surface area contributed by atoms with Crippen LogP contribution in [0.1, 0.15) is 41.0 Å². The Hall–Kier alpha value is -4.21. The van der Waals surface area contributed by atoms with Gasteiger partial charge in [0.1, 0.15) is 6.04 Å². The maximum Gasteiger partial charge on any atom is 0.240 e. The molecule has 9 N–H and O–H groups in total. The Labute approximate surface area is 216 Å². The molecule has 0 saturated heterocycles. The van der Waals surface area contributed by atoms with Crippen LogP contribution in [0, 0.1) is 0 Å². The number of rotatable bonds is 12. The van der Waals surface area contributed by atoms with Crippen LogP contribution in [0.5, 0.6) is 0 Å². The molecule has 0 aromatic heterocycles. The maximum absolute atomic E-state index is 14.3. The molecule has 1 atom stereocenters. The summed E-state index contributed by atoms with van der Waals surface area (Å²) in [5.74, 6) is -1.48. The van der Waals surface area contributed by atoms with Crippen molar-refractivity contribution in [2.75, 3.05) is 6.54 Å². The molecule has 0 aliphatic heterocycles. The number of carbonyl (C=O) groups is 2. The zero-order chi connectivity index (χ0) is 25.9. The van der Waals surface area contributed by atoms with Gasteiger partial charge in [0, 0.05) is 13.1 Å². The van der Waals surface area contributed by atoms with Gasteiger partial charge in [-0.25, -0.2) is 0 Å². The van der Waals surface area contributed by atoms with Gasteiger partial charge in [-0.05, 0) is 35.1 Å². The number of carbonyl (C=O) groups excluding carboxylic acids is 2. The molecular weight excluding hydrogens is 470 g/mol. The van der Waals surface area contributed by atoms with Crippen molar-refractivity contribution in [2.45, 2.75) is 38.0 Å². The average molecular weight is 506 g/mol. The molecule has 37 heavy (non-hydrogen) atoms. The van der Waals surface area contributed by atoms with Crippen LogP contribution in [0.3, 0.4) is 0 Å². The van der Waals surface area contributed by atoms with Gasteiger partial charge in [0.15, 0.2) is 5.96 Å². The molecule has 3 aromatic carbocycles. The molecule has 0 fully saturated rings. The molecule has 0 aliphatic carbocycles. The number of benzene rings is 3. The van der Waals surface area contributed by atoms with E-state index in [0.29, 0.717) is 19.4 Å². The summed E-state index contributed by atoms with van der Waals surface area (Å²) >= 11 is 0. The van der Waals surface area contributed by atoms with Crippen LogP contribution in [0.4, 0.5) is 0 Å². The molecule has 9 heteroatoms. The first-order valence-electron chi connectivity index (χ1n) is 11.8. The molecule has 0 radical (unpaired) electrons. The second-order valence-corrected chi connectivity index (χ2v) is 8.56. The van der Waals surface area contributed by atoms with Crippen molar-refractivity contribution in [3.05, 3.63) is 107 Å². The minimum Gasteiger partial charge on any atom is -0.412 e. The molecule has 0 heterocycles. The van der Waals surface area contributed by atoms with Gasteiger partial charge in [0.25, 0.3) is 0 Å². The molecule has 3 rings (SSSR count). The van der Waals surface area contributed by atoms with Crippen LogP contribution in [-0.2, 0) is 22.7 Å². The van der Waals surface area contributed by atoms with Crippen LogP contribution in [-0.4, -0.2) is 45.8 Å². The molecule has 9 nitrogen and oxygen atoms in total. The fourth-order valence-electron chi connectivity index (χ4n) is 4.17. The lowest BCUT2D eigenvalue weighted by Crippen LogP contribution is -2.49. The minimum atomic E-state index is -0.862. The SMILES string of the molecule is NC(=O)[C@@H](CCCN=C(N)N)N(Cc1ccc(CO)cc1)C(=O)C(c1ccccc1)c1ccccc1.O. The zero-order valence-corrected chi connectivity index (χ0v) is 20.7. The highest BCUT2D eigenvalue weighted by molar-refractivity contribution is 5.92. The largest absolute Gasteiger partial charge is 0.412 e. The Kier molecular flexibility index (Phi) is 11.3. The number of aliphatic imine (C=N–C) groups is 1. The molecule has 196 valence electrons. The van der Waals surface area contributed by atoms with Gasteiger partial charge in [-0.15, -0.1) is 0 Å². The lowest BCUT2D eigenvalue weighted by atomic mass is 9.89. The number of primary amides is 1. The molecule has 3 aromatic rings. The number of hydrogen-bond acceptors (Lipinski definition) is 4. The van der Waals surface area contributed by atoms with Crippen molar-refractivity contribution in [3.63, 3.8) is 0 Å². The van der Waals surface area contributed by atoms with E-state index in [1.165, 1.54) is 0 Å². The summed E-state index contributed by atoms with van der Waals surface area (Å²) in [7, 11) is 0. The van der Waals surface area contributed by atoms with Gasteiger partial charge in [-0.3, -0.25) is 14.6 Å². The molecule has 0 spiro atoms. The summed E-state index contributed by atoms with van der Waals surface area (Å²) in [6.07, 6.45) is 0.781. The summed E-state index contributed by atoms with van der Waals surface area (Å²) in [6.45, 7) is 0.415. The summed E-state index contributed by atoms with van der Waals surface area (Å²) in [5, 5.41) is 9.39. The third-order valence-electron chi connectivity index (χ3n) is 5.99. The number of nitrogens with zero attached hydrogens (tertiary/aromatic N) is 2. The third-order valence-corrected chi connectivity index (χ3v) is 5.99. The van der Waals surface area contributed by atoms with Crippen molar-refractivity contribution in [3.8, 4) is 0 Å². The Morgan fingerprint density at radius 3 is 1.78 bits per heavy atom. The smallest absolute Gasteiger partial charge is 0.240 e. The third kappa shape index (κ3) is 8.16. The minimum absolute atomic E-state index is 0. The van der Waals surface area contributed by atoms with E-state index in [1.807, 2.05) is 72.8 Å². The summed E-state index contributed by atoms with van der Waals surface area (Å²) in [4.78, 5) is 32.5. The highest BCUT2D eigenvalue weighted by Gasteiger charge is 2.34. The monoisotopic (exact) mass is 505 g/mol. The normalized spacial score (nSPS) is 11.3. The van der Waals surface area contributed by atoms with E-state index in [2.05, 4.69) is 4.99 Å². The van der Waals surface area contributed by atoms with E-state index in [-0.39, 0.29) is 30.5 Å². The topological polar surface area (TPSA) is 180 Å². The maximum atomic E-state index is 14.3. The van der Waals surface area contributed by atoms with Crippen LogP contribution >= 0.6 is 0 Å². The van der Waals surface area contributed by atoms with Crippen molar-refractivity contribution < 1.29 is 20.2 Å². The zero-order valence-electron chi connectivity index (χ0n) is 20.7. The number of amides is 2. The fraction of sp³-hybridized carbons (Fsp3) is 0.250. The molecule has 0 unspecified atom stereocenters. The van der Waals surface area contributed by atoms with Crippen molar-refractivity contribution in [1.29, 1.82) is 0 Å². The second-order valence-electron chi connectivity index (χ2n) is 8.56. The van der Waals surface area contributed by atoms with Gasteiger partial charge in [0.2, 0.25) is 11.8 Å². The van der Waals surface area contributed by atoms with Crippen LogP contribution < -0.4 is 17.2 Å². The quantitative estimate of drug-likeness (QED) is 0.165. The lowest BCUT2D eigenvalue weighted by molar-refractivity contribution is -0.141. The Morgan fingerprint density at radius 2 is 1.32 bits per heavy atom. The van der Waals surface area contributed by atoms with Crippen LogP contribution in [0.25, 0.3) is 0 Å². The van der Waals surface area contributed by atoms with Crippen molar-refractivity contribution >= 4 is 17.8 Å². The number of aliphatic hydroxyl groups is 1. The first-order valence-corrected chi connectivity index (χ1v) is 11.8. The first-order chi connectivity index (χ1) is 17.4. The van der Waals surface area contributed by atoms with Crippen LogP contribution in [0.15, 0.2) is 89.9 Å². The average Bonchev–Trinajstić information content (AvgIpc) is 2.89. The molecule has 0 aliphatic rings. The van der Waals surface area contributed by atoms with E-state index in [9.17, 15) is 14.7 Å². The van der Waals surface area contributed by atoms with Gasteiger partial charge in [0.05, 0.1) is 12.5 Å². The summed E-state index contributed by atoms with van der Waals surface area (Å²) in [5.41, 5.74) is 19.9. The predicted molar refractivity (Wildman–Crippen MR) is 144 cm³/mol. The number of hydrogen-bond donors (Lipinski definition) is 4. The van der Waals surface area contributed by atoms with Gasteiger partial charge in [-0.2, -0.15) is 0 Å². The molecule has 2 amide bonds.